The smallest absolute Gasteiger partial charge is 0.392 e. The Morgan fingerprint density at radius 2 is 1.77 bits per heavy atom. The molecule has 0 bridgehead atoms. The number of carbonyl (C=O) groups is 2. The van der Waals surface area contributed by atoms with Crippen LogP contribution in [0.4, 0.5) is 0 Å². The summed E-state index contributed by atoms with van der Waals surface area (Å²) in [5, 5.41) is 9.13. The summed E-state index contributed by atoms with van der Waals surface area (Å²) in [5.74, 6) is -1.70. The summed E-state index contributed by atoms with van der Waals surface area (Å²) in [5.41, 5.74) is 2.60. The van der Waals surface area contributed by atoms with Crippen molar-refractivity contribution in [2.75, 3.05) is 0 Å². The second kappa shape index (κ2) is 9.13. The Bertz CT molecular complexity index is 1210. The molecule has 0 aliphatic carbocycles. The van der Waals surface area contributed by atoms with Gasteiger partial charge in [0, 0.05) is 18.9 Å². The van der Waals surface area contributed by atoms with Gasteiger partial charge in [-0.15, -0.1) is 0 Å². The Labute approximate surface area is 180 Å². The van der Waals surface area contributed by atoms with Crippen LogP contribution in [-0.4, -0.2) is 30.4 Å². The number of aromatic nitrogens is 1. The van der Waals surface area contributed by atoms with Crippen LogP contribution in [0.15, 0.2) is 57.8 Å². The van der Waals surface area contributed by atoms with Gasteiger partial charge in [0.2, 0.25) is 5.91 Å². The third-order valence-electron chi connectivity index (χ3n) is 4.53. The van der Waals surface area contributed by atoms with Crippen LogP contribution in [0.5, 0.6) is 0 Å². The number of sulfonamides is 1. The second-order valence-corrected chi connectivity index (χ2v) is 8.63. The molecule has 1 heterocycles. The fraction of sp³-hybridized carbons (Fsp3) is 0.227. The number of hydrogen-bond acceptors (Lipinski definition) is 6. The SMILES string of the molecule is CCCc1nc(C(=O)O)oc1Cc1ccc(-c2ccccc2S(=O)(=O)NC(C)=O)cc1. The van der Waals surface area contributed by atoms with Crippen molar-refractivity contribution in [3.8, 4) is 11.1 Å². The number of rotatable bonds is 8. The summed E-state index contributed by atoms with van der Waals surface area (Å²) in [6, 6.07) is 13.6. The lowest BCUT2D eigenvalue weighted by Gasteiger charge is -2.11. The molecule has 0 fully saturated rings. The van der Waals surface area contributed by atoms with Gasteiger partial charge in [-0.3, -0.25) is 4.79 Å². The molecular formula is C22H22N2O6S. The number of nitrogens with zero attached hydrogens (tertiary/aromatic N) is 1. The first-order valence-corrected chi connectivity index (χ1v) is 11.1. The van der Waals surface area contributed by atoms with Gasteiger partial charge in [0.05, 0.1) is 10.6 Å². The molecule has 9 heteroatoms. The quantitative estimate of drug-likeness (QED) is 0.547. The number of carboxylic acid groups (broad SMARTS) is 1. The molecule has 162 valence electrons. The molecule has 0 radical (unpaired) electrons. The minimum atomic E-state index is -3.99. The van der Waals surface area contributed by atoms with Crippen LogP contribution in [0, 0.1) is 0 Å². The van der Waals surface area contributed by atoms with E-state index in [2.05, 4.69) is 4.98 Å². The van der Waals surface area contributed by atoms with E-state index in [9.17, 15) is 18.0 Å². The molecule has 8 nitrogen and oxygen atoms in total. The average molecular weight is 442 g/mol. The number of oxazole rings is 1. The van der Waals surface area contributed by atoms with Crippen molar-refractivity contribution in [2.24, 2.45) is 0 Å². The Kier molecular flexibility index (Phi) is 6.55. The zero-order valence-corrected chi connectivity index (χ0v) is 17.9. The minimum Gasteiger partial charge on any atom is -0.474 e. The summed E-state index contributed by atoms with van der Waals surface area (Å²) in [4.78, 5) is 26.5. The number of aromatic carboxylic acids is 1. The van der Waals surface area contributed by atoms with Crippen LogP contribution in [0.2, 0.25) is 0 Å². The fourth-order valence-electron chi connectivity index (χ4n) is 3.22. The molecule has 0 spiro atoms. The van der Waals surface area contributed by atoms with Crippen molar-refractivity contribution in [3.05, 3.63) is 71.4 Å². The highest BCUT2D eigenvalue weighted by Crippen LogP contribution is 2.28. The first kappa shape index (κ1) is 22.2. The van der Waals surface area contributed by atoms with Crippen LogP contribution in [0.3, 0.4) is 0 Å². The maximum atomic E-state index is 12.5. The number of benzene rings is 2. The molecule has 0 aliphatic rings. The number of carboxylic acids is 1. The summed E-state index contributed by atoms with van der Waals surface area (Å²) in [7, 11) is -3.99. The molecule has 2 aromatic carbocycles. The molecule has 0 saturated heterocycles. The summed E-state index contributed by atoms with van der Waals surface area (Å²) in [6.45, 7) is 3.11. The third kappa shape index (κ3) is 5.18. The monoisotopic (exact) mass is 442 g/mol. The Hall–Kier alpha value is -3.46. The maximum absolute atomic E-state index is 12.5. The average Bonchev–Trinajstić information content (AvgIpc) is 3.11. The first-order chi connectivity index (χ1) is 14.7. The highest BCUT2D eigenvalue weighted by Gasteiger charge is 2.21. The van der Waals surface area contributed by atoms with Crippen LogP contribution in [0.1, 0.15) is 48.0 Å². The molecule has 31 heavy (non-hydrogen) atoms. The lowest BCUT2D eigenvalue weighted by Crippen LogP contribution is -2.28. The van der Waals surface area contributed by atoms with Gasteiger partial charge in [-0.1, -0.05) is 55.8 Å². The van der Waals surface area contributed by atoms with Crippen molar-refractivity contribution >= 4 is 21.9 Å². The number of nitrogens with one attached hydrogen (secondary N) is 1. The predicted octanol–water partition coefficient (Wildman–Crippen LogP) is 3.41. The van der Waals surface area contributed by atoms with E-state index in [1.54, 1.807) is 30.3 Å². The van der Waals surface area contributed by atoms with Crippen molar-refractivity contribution < 1.29 is 27.5 Å². The van der Waals surface area contributed by atoms with Gasteiger partial charge in [-0.05, 0) is 23.6 Å². The minimum absolute atomic E-state index is 0.00418. The fourth-order valence-corrected chi connectivity index (χ4v) is 4.44. The van der Waals surface area contributed by atoms with Gasteiger partial charge >= 0.3 is 11.9 Å². The largest absolute Gasteiger partial charge is 0.474 e. The zero-order chi connectivity index (χ0) is 22.6. The zero-order valence-electron chi connectivity index (χ0n) is 17.1. The maximum Gasteiger partial charge on any atom is 0.392 e. The van der Waals surface area contributed by atoms with Crippen molar-refractivity contribution in [1.29, 1.82) is 0 Å². The molecule has 0 unspecified atom stereocenters. The van der Waals surface area contributed by atoms with Crippen molar-refractivity contribution in [2.45, 2.75) is 38.0 Å². The molecule has 0 saturated carbocycles. The van der Waals surface area contributed by atoms with Gasteiger partial charge < -0.3 is 9.52 Å². The van der Waals surface area contributed by atoms with Crippen LogP contribution < -0.4 is 4.72 Å². The normalized spacial score (nSPS) is 11.3. The van der Waals surface area contributed by atoms with E-state index in [-0.39, 0.29) is 10.8 Å². The second-order valence-electron chi connectivity index (χ2n) is 6.98. The summed E-state index contributed by atoms with van der Waals surface area (Å²) in [6.07, 6.45) is 1.78. The highest BCUT2D eigenvalue weighted by molar-refractivity contribution is 7.90. The first-order valence-electron chi connectivity index (χ1n) is 9.65. The molecule has 1 amide bonds. The van der Waals surface area contributed by atoms with Crippen molar-refractivity contribution in [3.63, 3.8) is 0 Å². The van der Waals surface area contributed by atoms with E-state index in [0.717, 1.165) is 18.9 Å². The Morgan fingerprint density at radius 1 is 1.10 bits per heavy atom. The van der Waals surface area contributed by atoms with E-state index < -0.39 is 21.9 Å². The number of carbonyl (C=O) groups excluding carboxylic acids is 1. The van der Waals surface area contributed by atoms with E-state index in [4.69, 9.17) is 9.52 Å². The third-order valence-corrected chi connectivity index (χ3v) is 6.02. The molecule has 2 N–H and O–H groups in total. The van der Waals surface area contributed by atoms with Gasteiger partial charge in [-0.2, -0.15) is 0 Å². The number of aryl methyl sites for hydroxylation is 1. The Morgan fingerprint density at radius 3 is 2.39 bits per heavy atom. The molecule has 1 aromatic heterocycles. The van der Waals surface area contributed by atoms with E-state index >= 15 is 0 Å². The molecular weight excluding hydrogens is 420 g/mol. The van der Waals surface area contributed by atoms with Crippen LogP contribution in [0.25, 0.3) is 11.1 Å². The molecule has 3 aromatic rings. The van der Waals surface area contributed by atoms with Gasteiger partial charge in [0.15, 0.2) is 0 Å². The number of amides is 1. The topological polar surface area (TPSA) is 127 Å². The van der Waals surface area contributed by atoms with Gasteiger partial charge in [0.1, 0.15) is 5.76 Å². The van der Waals surface area contributed by atoms with E-state index in [1.807, 2.05) is 23.8 Å². The lowest BCUT2D eigenvalue weighted by molar-refractivity contribution is -0.117. The summed E-state index contributed by atoms with van der Waals surface area (Å²) >= 11 is 0. The predicted molar refractivity (Wildman–Crippen MR) is 113 cm³/mol. The van der Waals surface area contributed by atoms with Gasteiger partial charge in [0.25, 0.3) is 10.0 Å². The molecule has 3 rings (SSSR count). The summed E-state index contributed by atoms with van der Waals surface area (Å²) < 4.78 is 32.4. The van der Waals surface area contributed by atoms with Crippen LogP contribution >= 0.6 is 0 Å². The van der Waals surface area contributed by atoms with Crippen molar-refractivity contribution in [1.82, 2.24) is 9.71 Å². The van der Waals surface area contributed by atoms with E-state index in [1.165, 1.54) is 6.07 Å². The Balaban J connectivity index is 1.91. The van der Waals surface area contributed by atoms with Gasteiger partial charge in [-0.25, -0.2) is 22.9 Å². The molecule has 0 atom stereocenters. The molecule has 0 aliphatic heterocycles. The van der Waals surface area contributed by atoms with Crippen LogP contribution in [-0.2, 0) is 27.7 Å². The number of hydrogen-bond donors (Lipinski definition) is 2. The highest BCUT2D eigenvalue weighted by atomic mass is 32.2. The van der Waals surface area contributed by atoms with E-state index in [0.29, 0.717) is 35.4 Å². The standard InChI is InChI=1S/C22H22N2O6S/c1-3-6-18-19(30-21(23-18)22(26)27)13-15-9-11-16(12-10-15)17-7-4-5-8-20(17)31(28,29)24-14(2)25/h4-5,7-12H,3,6,13H2,1-2H3,(H,24,25)(H,26,27). The lowest BCUT2D eigenvalue weighted by atomic mass is 10.0.